The van der Waals surface area contributed by atoms with Crippen molar-refractivity contribution in [2.75, 3.05) is 13.2 Å². The molecule has 0 fully saturated rings. The summed E-state index contributed by atoms with van der Waals surface area (Å²) in [5.41, 5.74) is 5.17. The standard InChI is InChI=1S/C23H20O3/c24-23-22-10-9-19(15-20(22)12-14-26-23)18-7-4-8-21(16-18)25-13-11-17-5-2-1-3-6-17/h1-10,15-16H,11-14H2. The van der Waals surface area contributed by atoms with Crippen LogP contribution in [0.4, 0.5) is 0 Å². The van der Waals surface area contributed by atoms with Crippen molar-refractivity contribution < 1.29 is 14.3 Å². The van der Waals surface area contributed by atoms with E-state index in [0.29, 0.717) is 18.8 Å². The molecule has 3 aromatic carbocycles. The maximum Gasteiger partial charge on any atom is 0.338 e. The molecule has 0 N–H and O–H groups in total. The van der Waals surface area contributed by atoms with Gasteiger partial charge in [-0.1, -0.05) is 54.6 Å². The summed E-state index contributed by atoms with van der Waals surface area (Å²) >= 11 is 0. The molecule has 0 saturated carbocycles. The Bertz CT molecular complexity index is 916. The summed E-state index contributed by atoms with van der Waals surface area (Å²) in [6.45, 7) is 1.10. The first-order chi connectivity index (χ1) is 12.8. The Balaban J connectivity index is 1.48. The highest BCUT2D eigenvalue weighted by atomic mass is 16.5. The number of hydrogen-bond acceptors (Lipinski definition) is 3. The van der Waals surface area contributed by atoms with Crippen LogP contribution in [0.3, 0.4) is 0 Å². The average molecular weight is 344 g/mol. The number of rotatable bonds is 5. The van der Waals surface area contributed by atoms with Crippen LogP contribution >= 0.6 is 0 Å². The van der Waals surface area contributed by atoms with Gasteiger partial charge in [-0.15, -0.1) is 0 Å². The fraction of sp³-hybridized carbons (Fsp3) is 0.174. The molecule has 0 saturated heterocycles. The Hall–Kier alpha value is -3.07. The van der Waals surface area contributed by atoms with Gasteiger partial charge in [-0.05, 0) is 40.5 Å². The Morgan fingerprint density at radius 1 is 0.885 bits per heavy atom. The molecule has 1 aliphatic rings. The van der Waals surface area contributed by atoms with E-state index in [1.165, 1.54) is 5.56 Å². The molecule has 1 aliphatic heterocycles. The average Bonchev–Trinajstić information content (AvgIpc) is 2.69. The van der Waals surface area contributed by atoms with E-state index in [-0.39, 0.29) is 5.97 Å². The Morgan fingerprint density at radius 3 is 2.62 bits per heavy atom. The number of cyclic esters (lactones) is 1. The van der Waals surface area contributed by atoms with Crippen LogP contribution in [0.5, 0.6) is 5.75 Å². The normalized spacial score (nSPS) is 13.0. The van der Waals surface area contributed by atoms with Gasteiger partial charge in [0, 0.05) is 12.8 Å². The van der Waals surface area contributed by atoms with Crippen LogP contribution in [0, 0.1) is 0 Å². The third-order valence-electron chi connectivity index (χ3n) is 4.60. The molecule has 0 radical (unpaired) electrons. The van der Waals surface area contributed by atoms with E-state index in [0.717, 1.165) is 35.3 Å². The van der Waals surface area contributed by atoms with Gasteiger partial charge in [-0.2, -0.15) is 0 Å². The molecular formula is C23H20O3. The molecule has 26 heavy (non-hydrogen) atoms. The zero-order chi connectivity index (χ0) is 17.8. The fourth-order valence-electron chi connectivity index (χ4n) is 3.21. The van der Waals surface area contributed by atoms with Crippen molar-refractivity contribution in [3.63, 3.8) is 0 Å². The van der Waals surface area contributed by atoms with Crippen LogP contribution in [0.2, 0.25) is 0 Å². The Kier molecular flexibility index (Phi) is 4.69. The van der Waals surface area contributed by atoms with E-state index < -0.39 is 0 Å². The lowest BCUT2D eigenvalue weighted by atomic mass is 9.96. The number of ether oxygens (including phenoxy) is 2. The first-order valence-electron chi connectivity index (χ1n) is 8.87. The summed E-state index contributed by atoms with van der Waals surface area (Å²) in [6, 6.07) is 24.3. The first-order valence-corrected chi connectivity index (χ1v) is 8.87. The highest BCUT2D eigenvalue weighted by Crippen LogP contribution is 2.28. The second kappa shape index (κ2) is 7.44. The van der Waals surface area contributed by atoms with Gasteiger partial charge in [0.15, 0.2) is 0 Å². The monoisotopic (exact) mass is 344 g/mol. The molecule has 4 rings (SSSR count). The zero-order valence-corrected chi connectivity index (χ0v) is 14.5. The minimum Gasteiger partial charge on any atom is -0.493 e. The van der Waals surface area contributed by atoms with Crippen LogP contribution < -0.4 is 4.74 Å². The molecule has 3 aromatic rings. The van der Waals surface area contributed by atoms with Gasteiger partial charge in [-0.25, -0.2) is 4.79 Å². The summed E-state index contributed by atoms with van der Waals surface area (Å²) < 4.78 is 11.0. The van der Waals surface area contributed by atoms with Gasteiger partial charge in [0.25, 0.3) is 0 Å². The van der Waals surface area contributed by atoms with E-state index in [4.69, 9.17) is 9.47 Å². The predicted octanol–water partition coefficient (Wildman–Crippen LogP) is 4.69. The maximum atomic E-state index is 11.8. The van der Waals surface area contributed by atoms with Crippen molar-refractivity contribution >= 4 is 5.97 Å². The smallest absolute Gasteiger partial charge is 0.338 e. The third-order valence-corrected chi connectivity index (χ3v) is 4.60. The molecule has 0 atom stereocenters. The van der Waals surface area contributed by atoms with Crippen molar-refractivity contribution in [2.45, 2.75) is 12.8 Å². The van der Waals surface area contributed by atoms with Crippen molar-refractivity contribution in [3.05, 3.63) is 89.5 Å². The molecule has 0 aromatic heterocycles. The minimum atomic E-state index is -0.226. The second-order valence-corrected chi connectivity index (χ2v) is 6.37. The van der Waals surface area contributed by atoms with Gasteiger partial charge in [0.05, 0.1) is 18.8 Å². The molecule has 0 amide bonds. The van der Waals surface area contributed by atoms with Crippen molar-refractivity contribution in [3.8, 4) is 16.9 Å². The third kappa shape index (κ3) is 3.62. The largest absolute Gasteiger partial charge is 0.493 e. The molecule has 0 bridgehead atoms. The van der Waals surface area contributed by atoms with Gasteiger partial charge in [-0.3, -0.25) is 0 Å². The topological polar surface area (TPSA) is 35.5 Å². The maximum absolute atomic E-state index is 11.8. The van der Waals surface area contributed by atoms with Crippen molar-refractivity contribution in [2.24, 2.45) is 0 Å². The number of hydrogen-bond donors (Lipinski definition) is 0. The van der Waals surface area contributed by atoms with Crippen LogP contribution in [0.15, 0.2) is 72.8 Å². The minimum absolute atomic E-state index is 0.226. The van der Waals surface area contributed by atoms with Crippen LogP contribution in [-0.2, 0) is 17.6 Å². The fourth-order valence-corrected chi connectivity index (χ4v) is 3.21. The van der Waals surface area contributed by atoms with Gasteiger partial charge >= 0.3 is 5.97 Å². The van der Waals surface area contributed by atoms with E-state index >= 15 is 0 Å². The summed E-state index contributed by atoms with van der Waals surface area (Å²) in [5.74, 6) is 0.631. The number of esters is 1. The molecule has 1 heterocycles. The number of carbonyl (C=O) groups is 1. The van der Waals surface area contributed by atoms with E-state index in [2.05, 4.69) is 24.3 Å². The number of benzene rings is 3. The number of fused-ring (bicyclic) bond motifs is 1. The summed E-state index contributed by atoms with van der Waals surface area (Å²) in [5, 5.41) is 0. The molecule has 0 spiro atoms. The second-order valence-electron chi connectivity index (χ2n) is 6.37. The SMILES string of the molecule is O=C1OCCc2cc(-c3cccc(OCCc4ccccc4)c3)ccc21. The van der Waals surface area contributed by atoms with Crippen LogP contribution in [0.1, 0.15) is 21.5 Å². The molecule has 0 aliphatic carbocycles. The Morgan fingerprint density at radius 2 is 1.73 bits per heavy atom. The van der Waals surface area contributed by atoms with Gasteiger partial charge in [0.2, 0.25) is 0 Å². The molecule has 0 unspecified atom stereocenters. The summed E-state index contributed by atoms with van der Waals surface area (Å²) in [7, 11) is 0. The summed E-state index contributed by atoms with van der Waals surface area (Å²) in [4.78, 5) is 11.8. The Labute approximate surface area is 153 Å². The van der Waals surface area contributed by atoms with Crippen LogP contribution in [-0.4, -0.2) is 19.2 Å². The molecule has 3 nitrogen and oxygen atoms in total. The van der Waals surface area contributed by atoms with Crippen molar-refractivity contribution in [1.82, 2.24) is 0 Å². The number of carbonyl (C=O) groups excluding carboxylic acids is 1. The first kappa shape index (κ1) is 16.4. The quantitative estimate of drug-likeness (QED) is 0.630. The lowest BCUT2D eigenvalue weighted by Crippen LogP contribution is -2.17. The highest BCUT2D eigenvalue weighted by Gasteiger charge is 2.18. The zero-order valence-electron chi connectivity index (χ0n) is 14.5. The van der Waals surface area contributed by atoms with Gasteiger partial charge in [0.1, 0.15) is 5.75 Å². The van der Waals surface area contributed by atoms with Crippen molar-refractivity contribution in [1.29, 1.82) is 0 Å². The lowest BCUT2D eigenvalue weighted by Gasteiger charge is -2.16. The molecular weight excluding hydrogens is 324 g/mol. The van der Waals surface area contributed by atoms with E-state index in [1.807, 2.05) is 48.5 Å². The summed E-state index contributed by atoms with van der Waals surface area (Å²) in [6.07, 6.45) is 1.65. The molecule has 3 heteroatoms. The molecule has 130 valence electrons. The van der Waals surface area contributed by atoms with E-state index in [1.54, 1.807) is 0 Å². The van der Waals surface area contributed by atoms with E-state index in [9.17, 15) is 4.79 Å². The van der Waals surface area contributed by atoms with Crippen LogP contribution in [0.25, 0.3) is 11.1 Å². The van der Waals surface area contributed by atoms with Gasteiger partial charge < -0.3 is 9.47 Å². The lowest BCUT2D eigenvalue weighted by molar-refractivity contribution is 0.0480. The predicted molar refractivity (Wildman–Crippen MR) is 102 cm³/mol. The highest BCUT2D eigenvalue weighted by molar-refractivity contribution is 5.92.